The molecule has 38 heavy (non-hydrogen) atoms. The normalized spacial score (nSPS) is 15.3. The molecule has 0 radical (unpaired) electrons. The number of likely N-dealkylation sites (tertiary alicyclic amines) is 1. The predicted octanol–water partition coefficient (Wildman–Crippen LogP) is 5.69. The summed E-state index contributed by atoms with van der Waals surface area (Å²) in [6.07, 6.45) is 5.70. The van der Waals surface area contributed by atoms with E-state index < -0.39 is 0 Å². The first kappa shape index (κ1) is 25.1. The molecule has 0 atom stereocenters. The number of anilines is 2. The van der Waals surface area contributed by atoms with Gasteiger partial charge < -0.3 is 20.1 Å². The van der Waals surface area contributed by atoms with Crippen LogP contribution in [0.15, 0.2) is 42.5 Å². The van der Waals surface area contributed by atoms with Crippen LogP contribution in [0.2, 0.25) is 0 Å². The van der Waals surface area contributed by atoms with Gasteiger partial charge in [-0.3, -0.25) is 0 Å². The average Bonchev–Trinajstić information content (AvgIpc) is 3.51. The van der Waals surface area contributed by atoms with Crippen LogP contribution < -0.4 is 10.6 Å². The van der Waals surface area contributed by atoms with Crippen LogP contribution in [0.5, 0.6) is 0 Å². The fraction of sp³-hybridized carbons (Fsp3) is 0.438. The van der Waals surface area contributed by atoms with E-state index in [1.807, 2.05) is 0 Å². The molecule has 198 valence electrons. The van der Waals surface area contributed by atoms with Gasteiger partial charge in [-0.05, 0) is 98.6 Å². The summed E-state index contributed by atoms with van der Waals surface area (Å²) in [6.45, 7) is 12.9. The number of hydrogen-bond donors (Lipinski definition) is 2. The van der Waals surface area contributed by atoms with Crippen molar-refractivity contribution in [3.63, 3.8) is 0 Å². The van der Waals surface area contributed by atoms with E-state index in [0.29, 0.717) is 0 Å². The van der Waals surface area contributed by atoms with Gasteiger partial charge in [-0.15, -0.1) is 0 Å². The Morgan fingerprint density at radius 2 is 1.61 bits per heavy atom. The molecule has 0 unspecified atom stereocenters. The average molecular weight is 509 g/mol. The molecule has 0 saturated carbocycles. The Bertz CT molecular complexity index is 1450. The Kier molecular flexibility index (Phi) is 7.18. The van der Waals surface area contributed by atoms with E-state index in [1.54, 1.807) is 0 Å². The molecule has 4 aromatic rings. The van der Waals surface area contributed by atoms with Gasteiger partial charge in [0.2, 0.25) is 0 Å². The quantitative estimate of drug-likeness (QED) is 0.300. The van der Waals surface area contributed by atoms with Crippen molar-refractivity contribution in [2.45, 2.75) is 66.0 Å². The summed E-state index contributed by atoms with van der Waals surface area (Å²) in [4.78, 5) is 12.4. The van der Waals surface area contributed by atoms with Crippen LogP contribution in [0.4, 0.5) is 11.4 Å². The van der Waals surface area contributed by atoms with Gasteiger partial charge in [0.15, 0.2) is 5.65 Å². The maximum atomic E-state index is 4.93. The molecule has 2 aliphatic heterocycles. The topological polar surface area (TPSA) is 58.0 Å². The molecule has 2 aromatic carbocycles. The Morgan fingerprint density at radius 1 is 0.895 bits per heavy atom. The highest BCUT2D eigenvalue weighted by Gasteiger charge is 2.17. The minimum atomic E-state index is 0.795. The molecule has 2 aromatic heterocycles. The van der Waals surface area contributed by atoms with Gasteiger partial charge in [-0.1, -0.05) is 31.2 Å². The maximum Gasteiger partial charge on any atom is 0.160 e. The molecule has 6 rings (SSSR count). The van der Waals surface area contributed by atoms with Crippen LogP contribution >= 0.6 is 0 Å². The standard InChI is InChI=1S/C32H40N6/c1-4-30-36-31-22(2)17-23(3)34-32(31)38(30)21-25-8-12-29-27(19-25)10-9-26-18-24(7-11-28(26)35-29)20-33-13-16-37-14-5-6-15-37/h7-8,11-12,17-19,33,35H,4-6,9-10,13-16,20-21H2,1-3H3. The zero-order valence-corrected chi connectivity index (χ0v) is 23.1. The monoisotopic (exact) mass is 508 g/mol. The first-order valence-electron chi connectivity index (χ1n) is 14.3. The summed E-state index contributed by atoms with van der Waals surface area (Å²) in [5, 5.41) is 7.38. The van der Waals surface area contributed by atoms with Crippen LogP contribution in [0, 0.1) is 13.8 Å². The first-order chi connectivity index (χ1) is 18.6. The van der Waals surface area contributed by atoms with Crippen molar-refractivity contribution in [2.24, 2.45) is 0 Å². The predicted molar refractivity (Wildman–Crippen MR) is 156 cm³/mol. The molecule has 0 spiro atoms. The summed E-state index contributed by atoms with van der Waals surface area (Å²) in [6, 6.07) is 15.9. The number of benzene rings is 2. The molecule has 1 saturated heterocycles. The maximum absolute atomic E-state index is 4.93. The van der Waals surface area contributed by atoms with Gasteiger partial charge in [-0.2, -0.15) is 0 Å². The summed E-state index contributed by atoms with van der Waals surface area (Å²) < 4.78 is 2.30. The molecule has 0 amide bonds. The third-order valence-corrected chi connectivity index (χ3v) is 8.16. The van der Waals surface area contributed by atoms with Crippen molar-refractivity contribution >= 4 is 22.5 Å². The summed E-state index contributed by atoms with van der Waals surface area (Å²) >= 11 is 0. The van der Waals surface area contributed by atoms with E-state index in [0.717, 1.165) is 68.1 Å². The highest BCUT2D eigenvalue weighted by molar-refractivity contribution is 5.76. The van der Waals surface area contributed by atoms with Gasteiger partial charge in [0.25, 0.3) is 0 Å². The van der Waals surface area contributed by atoms with Crippen LogP contribution in [0.3, 0.4) is 0 Å². The summed E-state index contributed by atoms with van der Waals surface area (Å²) in [5.74, 6) is 1.10. The zero-order chi connectivity index (χ0) is 26.1. The fourth-order valence-corrected chi connectivity index (χ4v) is 6.12. The van der Waals surface area contributed by atoms with Gasteiger partial charge in [-0.25, -0.2) is 9.97 Å². The number of nitrogens with one attached hydrogen (secondary N) is 2. The molecular formula is C32H40N6. The molecule has 0 aliphatic carbocycles. The molecule has 2 aliphatic rings. The molecular weight excluding hydrogens is 468 g/mol. The van der Waals surface area contributed by atoms with E-state index in [1.165, 1.54) is 65.1 Å². The Balaban J connectivity index is 1.16. The largest absolute Gasteiger partial charge is 0.355 e. The third-order valence-electron chi connectivity index (χ3n) is 8.16. The van der Waals surface area contributed by atoms with E-state index >= 15 is 0 Å². The van der Waals surface area contributed by atoms with Crippen molar-refractivity contribution < 1.29 is 0 Å². The van der Waals surface area contributed by atoms with Crippen LogP contribution in [0.25, 0.3) is 11.2 Å². The number of hydrogen-bond acceptors (Lipinski definition) is 5. The number of aromatic nitrogens is 3. The van der Waals surface area contributed by atoms with E-state index in [2.05, 4.69) is 83.3 Å². The van der Waals surface area contributed by atoms with E-state index in [4.69, 9.17) is 9.97 Å². The molecule has 1 fully saturated rings. The highest BCUT2D eigenvalue weighted by Crippen LogP contribution is 2.32. The number of nitrogens with zero attached hydrogens (tertiary/aromatic N) is 4. The van der Waals surface area contributed by atoms with Crippen molar-refractivity contribution in [3.05, 3.63) is 81.8 Å². The lowest BCUT2D eigenvalue weighted by Crippen LogP contribution is -2.29. The third kappa shape index (κ3) is 5.20. The highest BCUT2D eigenvalue weighted by atomic mass is 15.2. The molecule has 0 bridgehead atoms. The Hall–Kier alpha value is -3.22. The minimum absolute atomic E-state index is 0.795. The zero-order valence-electron chi connectivity index (χ0n) is 23.1. The van der Waals surface area contributed by atoms with E-state index in [-0.39, 0.29) is 0 Å². The minimum Gasteiger partial charge on any atom is -0.355 e. The van der Waals surface area contributed by atoms with Crippen molar-refractivity contribution in [3.8, 4) is 0 Å². The number of imidazole rings is 1. The van der Waals surface area contributed by atoms with Gasteiger partial charge >= 0.3 is 0 Å². The molecule has 6 nitrogen and oxygen atoms in total. The lowest BCUT2D eigenvalue weighted by atomic mass is 10.0. The number of pyridine rings is 1. The second kappa shape index (κ2) is 10.9. The Morgan fingerprint density at radius 3 is 2.34 bits per heavy atom. The molecule has 4 heterocycles. The van der Waals surface area contributed by atoms with Gasteiger partial charge in [0.1, 0.15) is 11.3 Å². The summed E-state index contributed by atoms with van der Waals surface area (Å²) in [5.41, 5.74) is 12.2. The SMILES string of the molecule is CCc1nc2c(C)cc(C)nc2n1Cc1ccc2c(c1)CCc1cc(CNCCN3CCCC3)ccc1N2. The van der Waals surface area contributed by atoms with Crippen LogP contribution in [-0.2, 0) is 32.4 Å². The second-order valence-electron chi connectivity index (χ2n) is 11.1. The number of fused-ring (bicyclic) bond motifs is 3. The van der Waals surface area contributed by atoms with Crippen molar-refractivity contribution in [1.29, 1.82) is 0 Å². The molecule has 6 heteroatoms. The number of rotatable bonds is 8. The smallest absolute Gasteiger partial charge is 0.160 e. The van der Waals surface area contributed by atoms with Gasteiger partial charge in [0.05, 0.1) is 6.54 Å². The van der Waals surface area contributed by atoms with Crippen LogP contribution in [0.1, 0.15) is 59.1 Å². The first-order valence-corrected chi connectivity index (χ1v) is 14.3. The van der Waals surface area contributed by atoms with Gasteiger partial charge in [0, 0.05) is 43.1 Å². The second-order valence-corrected chi connectivity index (χ2v) is 11.1. The van der Waals surface area contributed by atoms with Crippen molar-refractivity contribution in [2.75, 3.05) is 31.5 Å². The molecule has 2 N–H and O–H groups in total. The lowest BCUT2D eigenvalue weighted by molar-refractivity contribution is 0.335. The van der Waals surface area contributed by atoms with Crippen molar-refractivity contribution in [1.82, 2.24) is 24.8 Å². The number of aryl methyl sites for hydroxylation is 5. The fourth-order valence-electron chi connectivity index (χ4n) is 6.12. The Labute approximate surface area is 226 Å². The van der Waals surface area contributed by atoms with Crippen LogP contribution in [-0.4, -0.2) is 45.6 Å². The summed E-state index contributed by atoms with van der Waals surface area (Å²) in [7, 11) is 0. The lowest BCUT2D eigenvalue weighted by Gasteiger charge is -2.15. The van der Waals surface area contributed by atoms with E-state index in [9.17, 15) is 0 Å².